The van der Waals surface area contributed by atoms with Crippen LogP contribution in [0.1, 0.15) is 27.8 Å². The van der Waals surface area contributed by atoms with Gasteiger partial charge >= 0.3 is 6.18 Å². The van der Waals surface area contributed by atoms with Crippen LogP contribution in [0.15, 0.2) is 41.0 Å². The maximum absolute atomic E-state index is 13.4. The number of pyridine rings is 1. The number of alkyl halides is 3. The third-order valence-corrected chi connectivity index (χ3v) is 7.48. The second-order valence-corrected chi connectivity index (χ2v) is 10.6. The number of ether oxygens (including phenoxy) is 1. The van der Waals surface area contributed by atoms with Gasteiger partial charge in [-0.2, -0.15) is 24.9 Å². The average Bonchev–Trinajstić information content (AvgIpc) is 3.21. The first-order chi connectivity index (χ1) is 17.4. The predicted octanol–water partition coefficient (Wildman–Crippen LogP) is 5.76. The summed E-state index contributed by atoms with van der Waals surface area (Å²) in [5.41, 5.74) is -0.424. The van der Waals surface area contributed by atoms with Gasteiger partial charge in [0.1, 0.15) is 17.8 Å². The van der Waals surface area contributed by atoms with E-state index in [-0.39, 0.29) is 49.3 Å². The molecule has 1 atom stereocenters. The molecule has 8 nitrogen and oxygen atoms in total. The molecule has 1 saturated heterocycles. The number of anilines is 1. The molecule has 15 heteroatoms. The van der Waals surface area contributed by atoms with E-state index >= 15 is 0 Å². The fraction of sp³-hybridized carbons (Fsp3) is 0.273. The molecule has 3 heterocycles. The summed E-state index contributed by atoms with van der Waals surface area (Å²) >= 11 is 17.2. The molecule has 1 unspecified atom stereocenters. The Bertz CT molecular complexity index is 1350. The van der Waals surface area contributed by atoms with Crippen molar-refractivity contribution in [1.29, 1.82) is 0 Å². The number of hydrogen-bond acceptors (Lipinski definition) is 6. The van der Waals surface area contributed by atoms with Gasteiger partial charge in [-0.3, -0.25) is 9.59 Å². The molecule has 1 aliphatic heterocycles. The van der Waals surface area contributed by atoms with Crippen LogP contribution in [0.4, 0.5) is 18.9 Å². The molecule has 1 aliphatic rings. The summed E-state index contributed by atoms with van der Waals surface area (Å²) in [4.78, 5) is 30.3. The summed E-state index contributed by atoms with van der Waals surface area (Å²) in [7, 11) is 0. The third kappa shape index (κ3) is 6.33. The highest BCUT2D eigenvalue weighted by molar-refractivity contribution is 9.10. The Labute approximate surface area is 231 Å². The quantitative estimate of drug-likeness (QED) is 0.341. The monoisotopic (exact) mass is 637 g/mol. The molecular weight excluding hydrogens is 622 g/mol. The minimum atomic E-state index is -4.67. The molecule has 196 valence electrons. The molecular formula is C22H17BrCl2F3N5O3S. The fourth-order valence-corrected chi connectivity index (χ4v) is 4.81. The van der Waals surface area contributed by atoms with Gasteiger partial charge in [-0.1, -0.05) is 23.2 Å². The van der Waals surface area contributed by atoms with Crippen LogP contribution in [0.3, 0.4) is 0 Å². The van der Waals surface area contributed by atoms with Crippen molar-refractivity contribution in [1.82, 2.24) is 20.1 Å². The number of nitrogens with one attached hydrogen (secondary N) is 2. The molecule has 3 aromatic rings. The summed E-state index contributed by atoms with van der Waals surface area (Å²) < 4.78 is 46.2. The minimum Gasteiger partial charge on any atom is -0.472 e. The van der Waals surface area contributed by atoms with Gasteiger partial charge in [-0.15, -0.1) is 5.10 Å². The lowest BCUT2D eigenvalue weighted by molar-refractivity contribution is -0.149. The zero-order valence-corrected chi connectivity index (χ0v) is 22.7. The number of aromatic nitrogens is 3. The SMILES string of the molecule is CC(NC(=O)c1cc(Cl)cc(Br)c1NC(=O)c1cc(OC2CSC2)nn1-c1ncccc1Cl)C(F)(F)F. The summed E-state index contributed by atoms with van der Waals surface area (Å²) in [6.07, 6.45) is -3.27. The number of amides is 2. The molecule has 2 aromatic heterocycles. The van der Waals surface area contributed by atoms with Gasteiger partial charge in [0.2, 0.25) is 5.88 Å². The van der Waals surface area contributed by atoms with E-state index in [9.17, 15) is 22.8 Å². The van der Waals surface area contributed by atoms with E-state index in [0.717, 1.165) is 24.5 Å². The highest BCUT2D eigenvalue weighted by Gasteiger charge is 2.37. The van der Waals surface area contributed by atoms with Crippen molar-refractivity contribution in [2.45, 2.75) is 25.2 Å². The highest BCUT2D eigenvalue weighted by Crippen LogP contribution is 2.33. The summed E-state index contributed by atoms with van der Waals surface area (Å²) in [5, 5.41) is 9.03. The Hall–Kier alpha value is -2.48. The van der Waals surface area contributed by atoms with Crippen molar-refractivity contribution in [3.05, 3.63) is 62.3 Å². The number of rotatable bonds is 7. The molecule has 1 aromatic carbocycles. The number of nitrogens with zero attached hydrogens (tertiary/aromatic N) is 3. The predicted molar refractivity (Wildman–Crippen MR) is 138 cm³/mol. The zero-order chi connectivity index (χ0) is 26.9. The van der Waals surface area contributed by atoms with Gasteiger partial charge in [-0.25, -0.2) is 9.67 Å². The van der Waals surface area contributed by atoms with Crippen molar-refractivity contribution < 1.29 is 27.5 Å². The maximum atomic E-state index is 13.4. The van der Waals surface area contributed by atoms with Crippen LogP contribution in [0.2, 0.25) is 10.0 Å². The van der Waals surface area contributed by atoms with Crippen LogP contribution < -0.4 is 15.4 Å². The number of halogens is 6. The van der Waals surface area contributed by atoms with E-state index in [1.807, 2.05) is 5.32 Å². The number of carbonyl (C=O) groups is 2. The lowest BCUT2D eigenvalue weighted by Crippen LogP contribution is -2.43. The second-order valence-electron chi connectivity index (χ2n) is 7.87. The molecule has 2 amide bonds. The van der Waals surface area contributed by atoms with Crippen LogP contribution >= 0.6 is 50.9 Å². The molecule has 0 bridgehead atoms. The van der Waals surface area contributed by atoms with E-state index < -0.39 is 24.0 Å². The first kappa shape index (κ1) is 27.6. The molecule has 37 heavy (non-hydrogen) atoms. The van der Waals surface area contributed by atoms with E-state index in [0.29, 0.717) is 0 Å². The Morgan fingerprint density at radius 3 is 2.59 bits per heavy atom. The standard InChI is InChI=1S/C22H17BrCl2F3N5O3S/c1-10(22(26,27)28)30-20(34)13-5-11(24)6-14(23)18(13)31-21(35)16-7-17(36-12-8-37-9-12)32-33(16)19-15(25)3-2-4-29-19/h2-7,10,12H,8-9H2,1H3,(H,30,34)(H,31,35). The first-order valence-corrected chi connectivity index (χ1v) is 13.3. The first-order valence-electron chi connectivity index (χ1n) is 10.6. The second kappa shape index (κ2) is 11.1. The summed E-state index contributed by atoms with van der Waals surface area (Å²) in [6, 6.07) is 4.95. The molecule has 0 aliphatic carbocycles. The zero-order valence-electron chi connectivity index (χ0n) is 18.8. The van der Waals surface area contributed by atoms with Crippen molar-refractivity contribution >= 4 is 68.4 Å². The lowest BCUT2D eigenvalue weighted by atomic mass is 10.1. The number of thioether (sulfide) groups is 1. The average molecular weight is 639 g/mol. The van der Waals surface area contributed by atoms with Gasteiger partial charge in [-0.05, 0) is 47.1 Å². The molecule has 4 rings (SSSR count). The highest BCUT2D eigenvalue weighted by atomic mass is 79.9. The normalized spacial score (nSPS) is 14.6. The van der Waals surface area contributed by atoms with E-state index in [2.05, 4.69) is 31.3 Å². The topological polar surface area (TPSA) is 98.1 Å². The van der Waals surface area contributed by atoms with Crippen LogP contribution in [-0.2, 0) is 0 Å². The Morgan fingerprint density at radius 2 is 1.97 bits per heavy atom. The van der Waals surface area contributed by atoms with Crippen molar-refractivity contribution in [3.8, 4) is 11.7 Å². The van der Waals surface area contributed by atoms with Gasteiger partial charge in [0.05, 0.1) is 16.3 Å². The smallest absolute Gasteiger partial charge is 0.408 e. The van der Waals surface area contributed by atoms with Gasteiger partial charge in [0, 0.05) is 33.3 Å². The summed E-state index contributed by atoms with van der Waals surface area (Å²) in [5.74, 6) is 0.00371. The third-order valence-electron chi connectivity index (χ3n) is 5.13. The van der Waals surface area contributed by atoms with Crippen LogP contribution in [-0.4, -0.2) is 56.4 Å². The van der Waals surface area contributed by atoms with Gasteiger partial charge in [0.15, 0.2) is 5.82 Å². The largest absolute Gasteiger partial charge is 0.472 e. The van der Waals surface area contributed by atoms with Crippen molar-refractivity contribution in [2.75, 3.05) is 16.8 Å². The Balaban J connectivity index is 1.70. The van der Waals surface area contributed by atoms with E-state index in [1.54, 1.807) is 23.9 Å². The van der Waals surface area contributed by atoms with E-state index in [4.69, 9.17) is 27.9 Å². The molecule has 0 spiro atoms. The van der Waals surface area contributed by atoms with Gasteiger partial charge < -0.3 is 15.4 Å². The minimum absolute atomic E-state index is 0.0422. The van der Waals surface area contributed by atoms with E-state index in [1.165, 1.54) is 23.0 Å². The maximum Gasteiger partial charge on any atom is 0.408 e. The molecule has 0 radical (unpaired) electrons. The molecule has 2 N–H and O–H groups in total. The number of hydrogen-bond donors (Lipinski definition) is 2. The fourth-order valence-electron chi connectivity index (χ4n) is 3.14. The Kier molecular flexibility index (Phi) is 8.26. The van der Waals surface area contributed by atoms with Crippen LogP contribution in [0, 0.1) is 0 Å². The number of carbonyl (C=O) groups excluding carboxylic acids is 2. The van der Waals surface area contributed by atoms with Crippen LogP contribution in [0.5, 0.6) is 5.88 Å². The lowest BCUT2D eigenvalue weighted by Gasteiger charge is -2.24. The van der Waals surface area contributed by atoms with Gasteiger partial charge in [0.25, 0.3) is 11.8 Å². The molecule has 1 fully saturated rings. The molecule has 0 saturated carbocycles. The number of benzene rings is 1. The van der Waals surface area contributed by atoms with Crippen molar-refractivity contribution in [2.24, 2.45) is 0 Å². The Morgan fingerprint density at radius 1 is 1.24 bits per heavy atom. The summed E-state index contributed by atoms with van der Waals surface area (Å²) in [6.45, 7) is 0.799. The van der Waals surface area contributed by atoms with Crippen molar-refractivity contribution in [3.63, 3.8) is 0 Å². The van der Waals surface area contributed by atoms with Crippen LogP contribution in [0.25, 0.3) is 5.82 Å².